The number of carboxylic acids is 1. The molecule has 1 atom stereocenters. The Balaban J connectivity index is 0.000000810. The number of hydrogen-bond acceptors (Lipinski definition) is 3. The minimum Gasteiger partial charge on any atom is -0.546 e. The van der Waals surface area contributed by atoms with E-state index < -0.39 is 12.1 Å². The molecule has 3 nitrogen and oxygen atoms in total. The van der Waals surface area contributed by atoms with Crippen LogP contribution < -0.4 is 56.5 Å². The average molecular weight is 166 g/mol. The summed E-state index contributed by atoms with van der Waals surface area (Å²) in [4.78, 5) is 10.1. The summed E-state index contributed by atoms with van der Waals surface area (Å²) in [5.41, 5.74) is 0. The first-order chi connectivity index (χ1) is 4.30. The van der Waals surface area contributed by atoms with Gasteiger partial charge in [-0.1, -0.05) is 0 Å². The predicted molar refractivity (Wildman–Crippen MR) is 28.3 cm³/mol. The fourth-order valence-electron chi connectivity index (χ4n) is 0.707. The van der Waals surface area contributed by atoms with Crippen molar-refractivity contribution in [1.29, 1.82) is 0 Å². The SMILES string of the molecule is O=C([O-])C1CCC=CO1.[K+]. The van der Waals surface area contributed by atoms with Gasteiger partial charge in [-0.15, -0.1) is 0 Å². The summed E-state index contributed by atoms with van der Waals surface area (Å²) in [6, 6.07) is 0. The topological polar surface area (TPSA) is 49.4 Å². The minimum absolute atomic E-state index is 0. The molecule has 0 amide bonds. The van der Waals surface area contributed by atoms with Crippen LogP contribution in [0.4, 0.5) is 0 Å². The van der Waals surface area contributed by atoms with Crippen molar-refractivity contribution in [2.24, 2.45) is 0 Å². The summed E-state index contributed by atoms with van der Waals surface area (Å²) in [7, 11) is 0. The predicted octanol–water partition coefficient (Wildman–Crippen LogP) is -3.57. The maximum atomic E-state index is 10.1. The summed E-state index contributed by atoms with van der Waals surface area (Å²) in [6.07, 6.45) is 3.76. The van der Waals surface area contributed by atoms with Gasteiger partial charge in [-0.25, -0.2) is 0 Å². The van der Waals surface area contributed by atoms with Crippen LogP contribution >= 0.6 is 0 Å². The van der Waals surface area contributed by atoms with Crippen LogP contribution in [0.3, 0.4) is 0 Å². The summed E-state index contributed by atoms with van der Waals surface area (Å²) in [6.45, 7) is 0. The molecule has 0 fully saturated rings. The molecule has 0 N–H and O–H groups in total. The van der Waals surface area contributed by atoms with E-state index in [1.165, 1.54) is 6.26 Å². The third-order valence-electron chi connectivity index (χ3n) is 1.20. The maximum Gasteiger partial charge on any atom is 1.00 e. The maximum absolute atomic E-state index is 10.1. The normalized spacial score (nSPS) is 22.6. The van der Waals surface area contributed by atoms with Gasteiger partial charge in [-0.3, -0.25) is 0 Å². The molecule has 0 aromatic carbocycles. The van der Waals surface area contributed by atoms with E-state index in [4.69, 9.17) is 4.74 Å². The fraction of sp³-hybridized carbons (Fsp3) is 0.500. The zero-order valence-electron chi connectivity index (χ0n) is 5.87. The summed E-state index contributed by atoms with van der Waals surface area (Å²) in [5.74, 6) is -1.13. The van der Waals surface area contributed by atoms with Crippen LogP contribution in [0.25, 0.3) is 0 Å². The largest absolute Gasteiger partial charge is 1.00 e. The van der Waals surface area contributed by atoms with Gasteiger partial charge in [0.2, 0.25) is 0 Å². The van der Waals surface area contributed by atoms with Crippen molar-refractivity contribution in [3.63, 3.8) is 0 Å². The van der Waals surface area contributed by atoms with E-state index >= 15 is 0 Å². The Morgan fingerprint density at radius 3 is 2.70 bits per heavy atom. The number of hydrogen-bond donors (Lipinski definition) is 0. The molecule has 0 bridgehead atoms. The summed E-state index contributed by atoms with van der Waals surface area (Å²) in [5, 5.41) is 10.1. The summed E-state index contributed by atoms with van der Waals surface area (Å²) >= 11 is 0. The number of carbonyl (C=O) groups excluding carboxylic acids is 1. The Kier molecular flexibility index (Phi) is 5.66. The van der Waals surface area contributed by atoms with Crippen molar-refractivity contribution in [2.45, 2.75) is 18.9 Å². The molecule has 1 rings (SSSR count). The number of carboxylic acid groups (broad SMARTS) is 1. The molecule has 0 spiro atoms. The van der Waals surface area contributed by atoms with E-state index in [1.54, 1.807) is 6.08 Å². The Bertz CT molecular complexity index is 144. The molecule has 50 valence electrons. The van der Waals surface area contributed by atoms with Crippen molar-refractivity contribution >= 4 is 5.97 Å². The molecule has 0 saturated carbocycles. The first kappa shape index (κ1) is 10.6. The number of allylic oxidation sites excluding steroid dienone is 1. The van der Waals surface area contributed by atoms with Crippen LogP contribution in [0.2, 0.25) is 0 Å². The van der Waals surface area contributed by atoms with Crippen LogP contribution in [0.15, 0.2) is 12.3 Å². The Labute approximate surface area is 102 Å². The second kappa shape index (κ2) is 5.32. The van der Waals surface area contributed by atoms with Gasteiger partial charge in [0, 0.05) is 0 Å². The van der Waals surface area contributed by atoms with Crippen molar-refractivity contribution < 1.29 is 66.0 Å². The molecule has 0 radical (unpaired) electrons. The molecule has 0 aromatic rings. The molecule has 0 saturated heterocycles. The van der Waals surface area contributed by atoms with Crippen LogP contribution in [0.5, 0.6) is 0 Å². The molecule has 1 aliphatic rings. The Morgan fingerprint density at radius 1 is 1.70 bits per heavy atom. The minimum atomic E-state index is -1.13. The zero-order chi connectivity index (χ0) is 6.69. The van der Waals surface area contributed by atoms with Crippen LogP contribution in [0, 0.1) is 0 Å². The molecule has 0 aromatic heterocycles. The number of aliphatic carboxylic acids is 1. The molecule has 1 unspecified atom stereocenters. The van der Waals surface area contributed by atoms with Gasteiger partial charge in [0.1, 0.15) is 6.10 Å². The first-order valence-electron chi connectivity index (χ1n) is 2.82. The van der Waals surface area contributed by atoms with E-state index in [0.717, 1.165) is 6.42 Å². The van der Waals surface area contributed by atoms with Gasteiger partial charge < -0.3 is 14.6 Å². The van der Waals surface area contributed by atoms with Crippen LogP contribution in [-0.4, -0.2) is 12.1 Å². The number of rotatable bonds is 1. The van der Waals surface area contributed by atoms with Gasteiger partial charge >= 0.3 is 51.4 Å². The average Bonchev–Trinajstić information content (AvgIpc) is 1.90. The van der Waals surface area contributed by atoms with Crippen molar-refractivity contribution in [1.82, 2.24) is 0 Å². The second-order valence-corrected chi connectivity index (χ2v) is 1.89. The fourth-order valence-corrected chi connectivity index (χ4v) is 0.707. The standard InChI is InChI=1S/C6H8O3.K/c7-6(8)5-3-1-2-4-9-5;/h2,4-5H,1,3H2,(H,7,8);/q;+1/p-1. The summed E-state index contributed by atoms with van der Waals surface area (Å²) < 4.78 is 4.70. The number of ether oxygens (including phenoxy) is 1. The molecule has 1 heterocycles. The third kappa shape index (κ3) is 3.16. The van der Waals surface area contributed by atoms with Gasteiger partial charge in [0.25, 0.3) is 0 Å². The molecule has 1 aliphatic heterocycles. The van der Waals surface area contributed by atoms with Gasteiger partial charge in [0.15, 0.2) is 0 Å². The van der Waals surface area contributed by atoms with Gasteiger partial charge in [-0.05, 0) is 18.9 Å². The molecule has 4 heteroatoms. The van der Waals surface area contributed by atoms with Crippen molar-refractivity contribution in [3.05, 3.63) is 12.3 Å². The monoisotopic (exact) mass is 166 g/mol. The zero-order valence-corrected chi connectivity index (χ0v) is 8.99. The first-order valence-corrected chi connectivity index (χ1v) is 2.82. The Hall–Kier alpha value is 0.646. The van der Waals surface area contributed by atoms with Crippen LogP contribution in [-0.2, 0) is 9.53 Å². The van der Waals surface area contributed by atoms with E-state index in [1.807, 2.05) is 0 Å². The van der Waals surface area contributed by atoms with E-state index in [9.17, 15) is 9.90 Å². The molecular formula is C6H7KO3. The van der Waals surface area contributed by atoms with Gasteiger partial charge in [-0.2, -0.15) is 0 Å². The smallest absolute Gasteiger partial charge is 0.546 e. The third-order valence-corrected chi connectivity index (χ3v) is 1.20. The van der Waals surface area contributed by atoms with Crippen LogP contribution in [0.1, 0.15) is 12.8 Å². The van der Waals surface area contributed by atoms with Crippen molar-refractivity contribution in [2.75, 3.05) is 0 Å². The van der Waals surface area contributed by atoms with E-state index in [0.29, 0.717) is 6.42 Å². The Morgan fingerprint density at radius 2 is 2.40 bits per heavy atom. The number of carbonyl (C=O) groups is 1. The van der Waals surface area contributed by atoms with Gasteiger partial charge in [0.05, 0.1) is 12.2 Å². The van der Waals surface area contributed by atoms with E-state index in [-0.39, 0.29) is 51.4 Å². The molecule has 10 heavy (non-hydrogen) atoms. The molecule has 0 aliphatic carbocycles. The quantitative estimate of drug-likeness (QED) is 0.379. The van der Waals surface area contributed by atoms with Crippen molar-refractivity contribution in [3.8, 4) is 0 Å². The second-order valence-electron chi connectivity index (χ2n) is 1.89. The molecular weight excluding hydrogens is 159 g/mol. The van der Waals surface area contributed by atoms with E-state index in [2.05, 4.69) is 0 Å².